The fourth-order valence-electron chi connectivity index (χ4n) is 1.25. The highest BCUT2D eigenvalue weighted by molar-refractivity contribution is 6.09. The summed E-state index contributed by atoms with van der Waals surface area (Å²) < 4.78 is 0. The van der Waals surface area contributed by atoms with Gasteiger partial charge in [-0.2, -0.15) is 0 Å². The minimum absolute atomic E-state index is 0.267. The average Bonchev–Trinajstić information content (AvgIpc) is 2.36. The Morgan fingerprint density at radius 3 is 2.25 bits per heavy atom. The molecule has 0 radical (unpaired) electrons. The Morgan fingerprint density at radius 1 is 1.19 bits per heavy atom. The van der Waals surface area contributed by atoms with Gasteiger partial charge >= 0.3 is 0 Å². The molecule has 1 rings (SSSR count). The third kappa shape index (κ3) is 2.57. The molecule has 0 saturated carbocycles. The van der Waals surface area contributed by atoms with Crippen LogP contribution in [0.4, 0.5) is 0 Å². The van der Waals surface area contributed by atoms with Crippen LogP contribution < -0.4 is 0 Å². The number of rotatable bonds is 2. The molecule has 3 nitrogen and oxygen atoms in total. The van der Waals surface area contributed by atoms with Crippen LogP contribution in [0.2, 0.25) is 0 Å². The van der Waals surface area contributed by atoms with E-state index in [1.54, 1.807) is 44.2 Å². The molecular weight excluding hydrogens is 202 g/mol. The first-order valence-corrected chi connectivity index (χ1v) is 5.08. The number of likely N-dealkylation sites (N-methyl/N-ethyl adjacent to an activating group) is 1. The van der Waals surface area contributed by atoms with Crippen molar-refractivity contribution in [3.8, 4) is 0 Å². The summed E-state index contributed by atoms with van der Waals surface area (Å²) in [6, 6.07) is 8.76. The third-order valence-corrected chi connectivity index (χ3v) is 2.40. The summed E-state index contributed by atoms with van der Waals surface area (Å²) in [7, 11) is 1.49. The zero-order chi connectivity index (χ0) is 12.1. The standard InChI is InChI=1S/C13H15NO2/c1-4-10(2)12(15)14(3)13(16)11-8-6-5-7-9-11/h4-9H,1-3H3/b10-4-. The van der Waals surface area contributed by atoms with E-state index < -0.39 is 0 Å². The van der Waals surface area contributed by atoms with Gasteiger partial charge in [-0.25, -0.2) is 0 Å². The van der Waals surface area contributed by atoms with Crippen molar-refractivity contribution < 1.29 is 9.59 Å². The lowest BCUT2D eigenvalue weighted by atomic mass is 10.2. The molecule has 0 bridgehead atoms. The van der Waals surface area contributed by atoms with Crippen LogP contribution in [0.15, 0.2) is 42.0 Å². The monoisotopic (exact) mass is 217 g/mol. The van der Waals surface area contributed by atoms with E-state index in [1.807, 2.05) is 6.07 Å². The molecule has 0 fully saturated rings. The van der Waals surface area contributed by atoms with Gasteiger partial charge in [0.1, 0.15) is 0 Å². The van der Waals surface area contributed by atoms with Gasteiger partial charge in [-0.1, -0.05) is 24.3 Å². The number of carbonyl (C=O) groups excluding carboxylic acids is 2. The highest BCUT2D eigenvalue weighted by Crippen LogP contribution is 2.06. The molecule has 0 N–H and O–H groups in total. The van der Waals surface area contributed by atoms with Crippen LogP contribution in [0, 0.1) is 0 Å². The lowest BCUT2D eigenvalue weighted by Crippen LogP contribution is -2.33. The Balaban J connectivity index is 2.88. The number of amides is 2. The molecule has 0 aliphatic rings. The lowest BCUT2D eigenvalue weighted by molar-refractivity contribution is -0.123. The SMILES string of the molecule is C/C=C(/C)C(=O)N(C)C(=O)c1ccccc1. The second kappa shape index (κ2) is 5.26. The smallest absolute Gasteiger partial charge is 0.260 e. The highest BCUT2D eigenvalue weighted by atomic mass is 16.2. The Hall–Kier alpha value is -1.90. The molecule has 0 aliphatic carbocycles. The van der Waals surface area contributed by atoms with Crippen molar-refractivity contribution in [2.24, 2.45) is 0 Å². The van der Waals surface area contributed by atoms with Crippen LogP contribution >= 0.6 is 0 Å². The molecule has 0 heterocycles. The fraction of sp³-hybridized carbons (Fsp3) is 0.231. The molecule has 0 spiro atoms. The lowest BCUT2D eigenvalue weighted by Gasteiger charge is -2.15. The summed E-state index contributed by atoms with van der Waals surface area (Å²) >= 11 is 0. The molecule has 16 heavy (non-hydrogen) atoms. The number of hydrogen-bond donors (Lipinski definition) is 0. The number of allylic oxidation sites excluding steroid dienone is 1. The topological polar surface area (TPSA) is 37.4 Å². The summed E-state index contributed by atoms with van der Waals surface area (Å²) in [5.74, 6) is -0.553. The summed E-state index contributed by atoms with van der Waals surface area (Å²) in [5.41, 5.74) is 1.08. The van der Waals surface area contributed by atoms with Crippen molar-refractivity contribution in [1.82, 2.24) is 4.90 Å². The largest absolute Gasteiger partial charge is 0.278 e. The van der Waals surface area contributed by atoms with Crippen molar-refractivity contribution in [3.63, 3.8) is 0 Å². The van der Waals surface area contributed by atoms with Crippen LogP contribution in [0.5, 0.6) is 0 Å². The van der Waals surface area contributed by atoms with E-state index in [9.17, 15) is 9.59 Å². The Kier molecular flexibility index (Phi) is 4.00. The van der Waals surface area contributed by atoms with Gasteiger partial charge in [-0.05, 0) is 26.0 Å². The van der Waals surface area contributed by atoms with E-state index in [-0.39, 0.29) is 11.8 Å². The van der Waals surface area contributed by atoms with Crippen molar-refractivity contribution >= 4 is 11.8 Å². The second-order valence-corrected chi connectivity index (χ2v) is 3.51. The Labute approximate surface area is 95.4 Å². The van der Waals surface area contributed by atoms with Gasteiger partial charge in [0.25, 0.3) is 11.8 Å². The van der Waals surface area contributed by atoms with Crippen LogP contribution in [-0.4, -0.2) is 23.8 Å². The van der Waals surface area contributed by atoms with Gasteiger partial charge in [0, 0.05) is 18.2 Å². The molecule has 0 atom stereocenters. The fourth-order valence-corrected chi connectivity index (χ4v) is 1.25. The molecular formula is C13H15NO2. The number of carbonyl (C=O) groups is 2. The third-order valence-electron chi connectivity index (χ3n) is 2.40. The zero-order valence-electron chi connectivity index (χ0n) is 9.73. The summed E-state index contributed by atoms with van der Waals surface area (Å²) in [5, 5.41) is 0. The second-order valence-electron chi connectivity index (χ2n) is 3.51. The highest BCUT2D eigenvalue weighted by Gasteiger charge is 2.18. The Morgan fingerprint density at radius 2 is 1.75 bits per heavy atom. The first kappa shape index (κ1) is 12.2. The maximum atomic E-state index is 11.9. The van der Waals surface area contributed by atoms with E-state index in [4.69, 9.17) is 0 Å². The van der Waals surface area contributed by atoms with Gasteiger partial charge < -0.3 is 0 Å². The first-order valence-electron chi connectivity index (χ1n) is 5.08. The number of nitrogens with zero attached hydrogens (tertiary/aromatic N) is 1. The summed E-state index contributed by atoms with van der Waals surface area (Å²) in [4.78, 5) is 24.7. The molecule has 0 aliphatic heterocycles. The maximum Gasteiger partial charge on any atom is 0.260 e. The molecule has 2 amide bonds. The van der Waals surface area contributed by atoms with Gasteiger partial charge in [0.15, 0.2) is 0 Å². The molecule has 84 valence electrons. The van der Waals surface area contributed by atoms with E-state index in [0.717, 1.165) is 4.90 Å². The molecule has 0 unspecified atom stereocenters. The first-order chi connectivity index (χ1) is 7.57. The Bertz CT molecular complexity index is 421. The van der Waals surface area contributed by atoms with Crippen molar-refractivity contribution in [2.45, 2.75) is 13.8 Å². The van der Waals surface area contributed by atoms with E-state index >= 15 is 0 Å². The maximum absolute atomic E-state index is 11.9. The van der Waals surface area contributed by atoms with E-state index in [2.05, 4.69) is 0 Å². The van der Waals surface area contributed by atoms with E-state index in [1.165, 1.54) is 7.05 Å². The minimum atomic E-state index is -0.285. The average molecular weight is 217 g/mol. The van der Waals surface area contributed by atoms with Gasteiger partial charge in [-0.3, -0.25) is 14.5 Å². The minimum Gasteiger partial charge on any atom is -0.278 e. The van der Waals surface area contributed by atoms with E-state index in [0.29, 0.717) is 11.1 Å². The quantitative estimate of drug-likeness (QED) is 0.712. The normalized spacial score (nSPS) is 11.1. The van der Waals surface area contributed by atoms with Crippen molar-refractivity contribution in [1.29, 1.82) is 0 Å². The summed E-state index contributed by atoms with van der Waals surface area (Å²) in [6.45, 7) is 3.46. The van der Waals surface area contributed by atoms with Gasteiger partial charge in [-0.15, -0.1) is 0 Å². The predicted octanol–water partition coefficient (Wildman–Crippen LogP) is 2.25. The van der Waals surface area contributed by atoms with Crippen LogP contribution in [-0.2, 0) is 4.79 Å². The van der Waals surface area contributed by atoms with Gasteiger partial charge in [0.05, 0.1) is 0 Å². The number of hydrogen-bond acceptors (Lipinski definition) is 2. The molecule has 0 saturated heterocycles. The van der Waals surface area contributed by atoms with Crippen LogP contribution in [0.25, 0.3) is 0 Å². The summed E-state index contributed by atoms with van der Waals surface area (Å²) in [6.07, 6.45) is 1.69. The van der Waals surface area contributed by atoms with Crippen molar-refractivity contribution in [2.75, 3.05) is 7.05 Å². The van der Waals surface area contributed by atoms with Crippen molar-refractivity contribution in [3.05, 3.63) is 47.5 Å². The van der Waals surface area contributed by atoms with Crippen LogP contribution in [0.1, 0.15) is 24.2 Å². The zero-order valence-corrected chi connectivity index (χ0v) is 9.73. The van der Waals surface area contributed by atoms with Crippen LogP contribution in [0.3, 0.4) is 0 Å². The molecule has 0 aromatic heterocycles. The number of imide groups is 1. The molecule has 3 heteroatoms. The van der Waals surface area contributed by atoms with Gasteiger partial charge in [0.2, 0.25) is 0 Å². The predicted molar refractivity (Wildman–Crippen MR) is 63.0 cm³/mol. The molecule has 1 aromatic rings. The number of benzene rings is 1. The molecule has 1 aromatic carbocycles.